The number of aliphatic imine (C=N–C) groups is 1. The predicted molar refractivity (Wildman–Crippen MR) is 128 cm³/mol. The number of aromatic nitrogens is 2. The molecule has 1 aromatic carbocycles. The lowest BCUT2D eigenvalue weighted by Crippen LogP contribution is -2.60. The largest absolute Gasteiger partial charge is 0.386 e. The third kappa shape index (κ3) is 3.43. The summed E-state index contributed by atoms with van der Waals surface area (Å²) < 4.78 is 50.3. The van der Waals surface area contributed by atoms with E-state index in [1.807, 2.05) is 0 Å². The molecule has 0 unspecified atom stereocenters. The Hall–Kier alpha value is -2.53. The molecule has 11 heteroatoms. The quantitative estimate of drug-likeness (QED) is 0.388. The van der Waals surface area contributed by atoms with E-state index in [1.54, 1.807) is 18.3 Å². The first kappa shape index (κ1) is 22.3. The number of amidine groups is 1. The van der Waals surface area contributed by atoms with Crippen molar-refractivity contribution in [3.63, 3.8) is 0 Å². The lowest BCUT2D eigenvalue weighted by Gasteiger charge is -2.60. The Morgan fingerprint density at radius 3 is 2.64 bits per heavy atom. The normalized spacial score (nSPS) is 24.2. The number of pyridine rings is 2. The van der Waals surface area contributed by atoms with Crippen molar-refractivity contribution in [1.29, 1.82) is 0 Å². The van der Waals surface area contributed by atoms with Crippen molar-refractivity contribution >= 4 is 50.4 Å². The van der Waals surface area contributed by atoms with Crippen molar-refractivity contribution in [3.8, 4) is 0 Å². The molecule has 1 aliphatic carbocycles. The lowest BCUT2D eigenvalue weighted by atomic mass is 9.82. The number of halogens is 3. The molecular weight excluding hydrogens is 472 g/mol. The van der Waals surface area contributed by atoms with Crippen molar-refractivity contribution in [2.24, 2.45) is 10.7 Å². The molecule has 174 valence electrons. The molecule has 0 amide bonds. The van der Waals surface area contributed by atoms with E-state index in [2.05, 4.69) is 20.3 Å². The zero-order valence-corrected chi connectivity index (χ0v) is 19.0. The van der Waals surface area contributed by atoms with Crippen LogP contribution in [0.1, 0.15) is 24.8 Å². The van der Waals surface area contributed by atoms with Gasteiger partial charge in [0.25, 0.3) is 0 Å². The number of nitrogens with one attached hydrogen (secondary N) is 1. The van der Waals surface area contributed by atoms with Gasteiger partial charge in [-0.25, -0.2) is 13.8 Å². The fourth-order valence-corrected chi connectivity index (χ4v) is 7.31. The van der Waals surface area contributed by atoms with Gasteiger partial charge in [0, 0.05) is 29.0 Å². The summed E-state index contributed by atoms with van der Waals surface area (Å²) in [6.45, 7) is -1.13. The first-order valence-corrected chi connectivity index (χ1v) is 12.4. The van der Waals surface area contributed by atoms with Gasteiger partial charge >= 0.3 is 0 Å². The molecule has 3 aromatic rings. The molecule has 3 heterocycles. The van der Waals surface area contributed by atoms with Crippen molar-refractivity contribution in [3.05, 3.63) is 59.1 Å². The Morgan fingerprint density at radius 1 is 1.18 bits per heavy atom. The molecule has 0 radical (unpaired) electrons. The third-order valence-corrected chi connectivity index (χ3v) is 9.50. The second-order valence-electron chi connectivity index (χ2n) is 8.53. The molecule has 0 saturated heterocycles. The first-order valence-electron chi connectivity index (χ1n) is 10.3. The van der Waals surface area contributed by atoms with Crippen LogP contribution < -0.4 is 11.1 Å². The Morgan fingerprint density at radius 2 is 1.97 bits per heavy atom. The molecule has 0 bridgehead atoms. The number of fused-ring (bicyclic) bond motifs is 1. The molecule has 5 N–H and O–H groups in total. The van der Waals surface area contributed by atoms with Gasteiger partial charge in [-0.05, 0) is 49.6 Å². The average molecular weight is 494 g/mol. The van der Waals surface area contributed by atoms with Gasteiger partial charge in [0.05, 0.1) is 10.8 Å². The van der Waals surface area contributed by atoms with Crippen molar-refractivity contribution in [2.75, 3.05) is 17.7 Å². The summed E-state index contributed by atoms with van der Waals surface area (Å²) in [4.78, 5) is 13.0. The molecule has 1 saturated carbocycles. The molecular formula is C22H22ClF2N5O2S. The molecule has 2 aliphatic rings. The van der Waals surface area contributed by atoms with Crippen LogP contribution in [0.5, 0.6) is 0 Å². The summed E-state index contributed by atoms with van der Waals surface area (Å²) in [5.41, 5.74) is 5.16. The number of nitrogens with two attached hydrogens (primary N) is 1. The first-order chi connectivity index (χ1) is 15.7. The van der Waals surface area contributed by atoms with E-state index in [9.17, 15) is 17.9 Å². The van der Waals surface area contributed by atoms with Gasteiger partial charge in [0.1, 0.15) is 34.1 Å². The molecule has 1 spiro atoms. The molecule has 7 nitrogen and oxygen atoms in total. The van der Waals surface area contributed by atoms with Gasteiger partial charge in [-0.2, -0.15) is 10.6 Å². The van der Waals surface area contributed by atoms with Crippen molar-refractivity contribution < 1.29 is 17.9 Å². The topological polar surface area (TPSA) is 117 Å². The second kappa shape index (κ2) is 7.76. The zero-order valence-electron chi connectivity index (χ0n) is 17.4. The summed E-state index contributed by atoms with van der Waals surface area (Å²) in [5, 5.41) is 4.31. The van der Waals surface area contributed by atoms with Gasteiger partial charge < -0.3 is 11.1 Å². The molecule has 1 aliphatic heterocycles. The molecule has 1 fully saturated rings. The van der Waals surface area contributed by atoms with Gasteiger partial charge in [-0.15, -0.1) is 0 Å². The minimum Gasteiger partial charge on any atom is -0.386 e. The summed E-state index contributed by atoms with van der Waals surface area (Å²) in [7, 11) is -3.34. The highest BCUT2D eigenvalue weighted by Gasteiger charge is 2.59. The predicted octanol–water partition coefficient (Wildman–Crippen LogP) is 5.37. The van der Waals surface area contributed by atoms with E-state index in [1.165, 1.54) is 24.4 Å². The van der Waals surface area contributed by atoms with E-state index in [0.717, 1.165) is 11.8 Å². The smallest absolute Gasteiger partial charge is 0.156 e. The fraction of sp³-hybridized carbons (Fsp3) is 0.318. The highest BCUT2D eigenvalue weighted by atomic mass is 35.5. The van der Waals surface area contributed by atoms with Crippen LogP contribution in [0.4, 0.5) is 20.3 Å². The SMILES string of the molecule is NC1=N[C@@](CF)(c2cc(Nc3nccc4cc(Cl)cnc34)ccc2F)CS(O)(O)C12CCC2. The van der Waals surface area contributed by atoms with Crippen molar-refractivity contribution in [2.45, 2.75) is 29.5 Å². The minimum absolute atomic E-state index is 0.0211. The van der Waals surface area contributed by atoms with Crippen molar-refractivity contribution in [1.82, 2.24) is 9.97 Å². The number of anilines is 2. The van der Waals surface area contributed by atoms with Crippen LogP contribution in [0.15, 0.2) is 47.7 Å². The molecule has 1 atom stereocenters. The Bertz CT molecular complexity index is 1290. The highest BCUT2D eigenvalue weighted by Crippen LogP contribution is 2.66. The van der Waals surface area contributed by atoms with Crippen LogP contribution in [-0.2, 0) is 5.54 Å². The van der Waals surface area contributed by atoms with E-state index in [-0.39, 0.29) is 11.4 Å². The summed E-state index contributed by atoms with van der Waals surface area (Å²) in [6.07, 6.45) is 4.79. The lowest BCUT2D eigenvalue weighted by molar-refractivity contribution is 0.291. The minimum atomic E-state index is -3.34. The molecule has 5 rings (SSSR count). The van der Waals surface area contributed by atoms with Crippen LogP contribution in [0.2, 0.25) is 5.02 Å². The number of benzene rings is 1. The Labute approximate surface area is 195 Å². The van der Waals surface area contributed by atoms with E-state index in [4.69, 9.17) is 17.3 Å². The monoisotopic (exact) mass is 493 g/mol. The van der Waals surface area contributed by atoms with Gasteiger partial charge in [0.2, 0.25) is 0 Å². The standard InChI is InChI=1S/C22H22ClF2N5O2S/c23-14-8-13-4-7-27-19(18(13)28-10-14)29-15-2-3-17(25)16(9-15)21(11-24)12-33(31,32)22(5-1-6-22)20(26)30-21/h2-4,7-10,31-32H,1,5-6,11-12H2,(H2,26,30)(H,27,29)/t21-/m1/s1. The maximum Gasteiger partial charge on any atom is 0.156 e. The summed E-state index contributed by atoms with van der Waals surface area (Å²) in [5.74, 6) is -0.762. The fourth-order valence-electron chi connectivity index (χ4n) is 4.58. The van der Waals surface area contributed by atoms with Crippen LogP contribution in [0.25, 0.3) is 10.9 Å². The Kier molecular flexibility index (Phi) is 5.24. The third-order valence-electron chi connectivity index (χ3n) is 6.55. The molecule has 33 heavy (non-hydrogen) atoms. The van der Waals surface area contributed by atoms with Gasteiger partial charge in [-0.3, -0.25) is 19.1 Å². The molecule has 2 aromatic heterocycles. The number of nitrogens with zero attached hydrogens (tertiary/aromatic N) is 3. The summed E-state index contributed by atoms with van der Waals surface area (Å²) in [6, 6.07) is 7.55. The van der Waals surface area contributed by atoms with Crippen LogP contribution in [-0.4, -0.2) is 42.1 Å². The van der Waals surface area contributed by atoms with Gasteiger partial charge in [-0.1, -0.05) is 11.6 Å². The van der Waals surface area contributed by atoms with E-state index < -0.39 is 39.1 Å². The van der Waals surface area contributed by atoms with Crippen LogP contribution in [0.3, 0.4) is 0 Å². The number of hydrogen-bond acceptors (Lipinski definition) is 7. The second-order valence-corrected chi connectivity index (χ2v) is 11.4. The summed E-state index contributed by atoms with van der Waals surface area (Å²) >= 11 is 6.01. The van der Waals surface area contributed by atoms with E-state index >= 15 is 0 Å². The average Bonchev–Trinajstić information content (AvgIpc) is 2.72. The van der Waals surface area contributed by atoms with E-state index in [0.29, 0.717) is 34.9 Å². The number of alkyl halides is 1. The number of hydrogen-bond donors (Lipinski definition) is 4. The zero-order chi connectivity index (χ0) is 23.4. The Balaban J connectivity index is 1.57. The van der Waals surface area contributed by atoms with Crippen LogP contribution >= 0.6 is 22.2 Å². The van der Waals surface area contributed by atoms with Gasteiger partial charge in [0.15, 0.2) is 5.82 Å². The van der Waals surface area contributed by atoms with Crippen LogP contribution in [0, 0.1) is 5.82 Å². The number of rotatable bonds is 4. The maximum atomic E-state index is 15.0. The highest BCUT2D eigenvalue weighted by molar-refractivity contribution is 8.26. The maximum absolute atomic E-state index is 15.0.